The SMILES string of the molecule is CNS(=O)(=O)c1ccc(F)c(C(=O)N2CCN(S(=O)(=O)c3cccc(C(C)=O)c3)CC2)c1. The van der Waals surface area contributed by atoms with Crippen molar-refractivity contribution in [1.82, 2.24) is 13.9 Å². The quantitative estimate of drug-likeness (QED) is 0.614. The summed E-state index contributed by atoms with van der Waals surface area (Å²) in [5.41, 5.74) is -0.140. The third-order valence-electron chi connectivity index (χ3n) is 5.15. The van der Waals surface area contributed by atoms with Gasteiger partial charge in [0, 0.05) is 31.7 Å². The van der Waals surface area contributed by atoms with Gasteiger partial charge in [0.15, 0.2) is 5.78 Å². The van der Waals surface area contributed by atoms with Gasteiger partial charge in [-0.25, -0.2) is 25.9 Å². The molecule has 12 heteroatoms. The second-order valence-corrected chi connectivity index (χ2v) is 11.0. The minimum absolute atomic E-state index is 0.00704. The molecule has 9 nitrogen and oxygen atoms in total. The first-order valence-corrected chi connectivity index (χ1v) is 12.5. The predicted octanol–water partition coefficient (Wildman–Crippen LogP) is 1.08. The Hall–Kier alpha value is -2.67. The number of Topliss-reactive ketones (excluding diaryl/α,β-unsaturated/α-hetero) is 1. The van der Waals surface area contributed by atoms with E-state index in [1.165, 1.54) is 47.4 Å². The zero-order chi connectivity index (χ0) is 23.7. The molecule has 1 saturated heterocycles. The van der Waals surface area contributed by atoms with Crippen LogP contribution >= 0.6 is 0 Å². The summed E-state index contributed by atoms with van der Waals surface area (Å²) in [6, 6.07) is 8.62. The van der Waals surface area contributed by atoms with Gasteiger partial charge in [0.2, 0.25) is 20.0 Å². The van der Waals surface area contributed by atoms with Crippen molar-refractivity contribution in [2.24, 2.45) is 0 Å². The van der Waals surface area contributed by atoms with E-state index in [1.807, 2.05) is 0 Å². The van der Waals surface area contributed by atoms with Gasteiger partial charge >= 0.3 is 0 Å². The Morgan fingerprint density at radius 2 is 1.59 bits per heavy atom. The molecular formula is C20H22FN3O6S2. The van der Waals surface area contributed by atoms with Crippen LogP contribution < -0.4 is 4.72 Å². The Bertz CT molecular complexity index is 1270. The van der Waals surface area contributed by atoms with E-state index >= 15 is 0 Å². The second-order valence-electron chi connectivity index (χ2n) is 7.13. The van der Waals surface area contributed by atoms with E-state index in [0.29, 0.717) is 0 Å². The Labute approximate surface area is 185 Å². The number of nitrogens with zero attached hydrogens (tertiary/aromatic N) is 2. The average Bonchev–Trinajstić information content (AvgIpc) is 2.79. The van der Waals surface area contributed by atoms with Crippen LogP contribution in [0.15, 0.2) is 52.3 Å². The van der Waals surface area contributed by atoms with Gasteiger partial charge in [-0.1, -0.05) is 12.1 Å². The number of nitrogens with one attached hydrogen (secondary N) is 1. The number of benzene rings is 2. The molecule has 1 fully saturated rings. The van der Waals surface area contributed by atoms with E-state index in [9.17, 15) is 30.8 Å². The van der Waals surface area contributed by atoms with Crippen molar-refractivity contribution in [2.75, 3.05) is 33.2 Å². The van der Waals surface area contributed by atoms with Gasteiger partial charge in [-0.3, -0.25) is 9.59 Å². The lowest BCUT2D eigenvalue weighted by Gasteiger charge is -2.34. The summed E-state index contributed by atoms with van der Waals surface area (Å²) < 4.78 is 67.3. The molecule has 2 aromatic carbocycles. The van der Waals surface area contributed by atoms with Crippen LogP contribution in [0, 0.1) is 5.82 Å². The molecule has 0 radical (unpaired) electrons. The standard InChI is InChI=1S/C20H22FN3O6S2/c1-14(25)15-4-3-5-17(12-15)32(29,30)24-10-8-23(9-11-24)20(26)18-13-16(6-7-19(18)21)31(27,28)22-2/h3-7,12-13,22H,8-11H2,1-2H3. The Kier molecular flexibility index (Phi) is 6.79. The first-order valence-electron chi connectivity index (χ1n) is 9.61. The van der Waals surface area contributed by atoms with E-state index in [-0.39, 0.29) is 47.3 Å². The normalized spacial score (nSPS) is 15.5. The molecule has 1 aliphatic heterocycles. The summed E-state index contributed by atoms with van der Waals surface area (Å²) in [5, 5.41) is 0. The first-order chi connectivity index (χ1) is 15.0. The molecule has 0 aliphatic carbocycles. The van der Waals surface area contributed by atoms with E-state index < -0.39 is 37.3 Å². The number of hydrogen-bond donors (Lipinski definition) is 1. The van der Waals surface area contributed by atoms with Gasteiger partial charge in [-0.15, -0.1) is 0 Å². The minimum Gasteiger partial charge on any atom is -0.336 e. The predicted molar refractivity (Wildman–Crippen MR) is 114 cm³/mol. The maximum absolute atomic E-state index is 14.3. The van der Waals surface area contributed by atoms with Crippen LogP contribution in [0.25, 0.3) is 0 Å². The lowest BCUT2D eigenvalue weighted by molar-refractivity contribution is 0.0692. The summed E-state index contributed by atoms with van der Waals surface area (Å²) in [6.45, 7) is 1.26. The van der Waals surface area contributed by atoms with Gasteiger partial charge < -0.3 is 4.90 Å². The number of carbonyl (C=O) groups excluding carboxylic acids is 2. The highest BCUT2D eigenvalue weighted by Gasteiger charge is 2.32. The second kappa shape index (κ2) is 9.06. The fourth-order valence-electron chi connectivity index (χ4n) is 3.28. The number of carbonyl (C=O) groups is 2. The molecule has 0 aromatic heterocycles. The van der Waals surface area contributed by atoms with Crippen LogP contribution in [-0.2, 0) is 20.0 Å². The molecule has 0 saturated carbocycles. The van der Waals surface area contributed by atoms with E-state index in [4.69, 9.17) is 0 Å². The number of halogens is 1. The van der Waals surface area contributed by atoms with Crippen LogP contribution in [-0.4, -0.2) is 71.0 Å². The van der Waals surface area contributed by atoms with E-state index in [2.05, 4.69) is 4.72 Å². The van der Waals surface area contributed by atoms with Crippen LogP contribution in [0.4, 0.5) is 4.39 Å². The maximum Gasteiger partial charge on any atom is 0.256 e. The topological polar surface area (TPSA) is 121 Å². The molecule has 2 aromatic rings. The van der Waals surface area contributed by atoms with E-state index in [1.54, 1.807) is 0 Å². The largest absolute Gasteiger partial charge is 0.336 e. The maximum atomic E-state index is 14.3. The smallest absolute Gasteiger partial charge is 0.256 e. The van der Waals surface area contributed by atoms with Gasteiger partial charge in [0.1, 0.15) is 5.82 Å². The number of hydrogen-bond acceptors (Lipinski definition) is 6. The van der Waals surface area contributed by atoms with Gasteiger partial charge in [0.25, 0.3) is 5.91 Å². The molecule has 1 heterocycles. The molecule has 0 unspecified atom stereocenters. The Morgan fingerprint density at radius 3 is 2.19 bits per heavy atom. The third kappa shape index (κ3) is 4.72. The fourth-order valence-corrected chi connectivity index (χ4v) is 5.50. The Balaban J connectivity index is 1.77. The van der Waals surface area contributed by atoms with Gasteiger partial charge in [-0.2, -0.15) is 4.31 Å². The molecule has 1 N–H and O–H groups in total. The van der Waals surface area contributed by atoms with Crippen molar-refractivity contribution in [2.45, 2.75) is 16.7 Å². The summed E-state index contributed by atoms with van der Waals surface area (Å²) in [6.07, 6.45) is 0. The lowest BCUT2D eigenvalue weighted by atomic mass is 10.1. The molecule has 172 valence electrons. The van der Waals surface area contributed by atoms with Crippen LogP contribution in [0.1, 0.15) is 27.6 Å². The van der Waals surface area contributed by atoms with Crippen LogP contribution in [0.3, 0.4) is 0 Å². The molecular weight excluding hydrogens is 461 g/mol. The fraction of sp³-hybridized carbons (Fsp3) is 0.300. The number of amides is 1. The highest BCUT2D eigenvalue weighted by atomic mass is 32.2. The zero-order valence-electron chi connectivity index (χ0n) is 17.4. The van der Waals surface area contributed by atoms with Crippen molar-refractivity contribution < 1.29 is 30.8 Å². The van der Waals surface area contributed by atoms with Crippen molar-refractivity contribution in [1.29, 1.82) is 0 Å². The summed E-state index contributed by atoms with van der Waals surface area (Å²) in [5.74, 6) is -1.87. The molecule has 0 atom stereocenters. The molecule has 0 bridgehead atoms. The molecule has 32 heavy (non-hydrogen) atoms. The monoisotopic (exact) mass is 483 g/mol. The average molecular weight is 484 g/mol. The third-order valence-corrected chi connectivity index (χ3v) is 8.46. The van der Waals surface area contributed by atoms with Crippen molar-refractivity contribution in [3.05, 3.63) is 59.4 Å². The number of ketones is 1. The molecule has 0 spiro atoms. The zero-order valence-corrected chi connectivity index (χ0v) is 19.0. The van der Waals surface area contributed by atoms with E-state index in [0.717, 1.165) is 18.2 Å². The number of rotatable bonds is 6. The summed E-state index contributed by atoms with van der Waals surface area (Å²) in [4.78, 5) is 25.4. The van der Waals surface area contributed by atoms with Gasteiger partial charge in [0.05, 0.1) is 15.4 Å². The van der Waals surface area contributed by atoms with Crippen molar-refractivity contribution in [3.8, 4) is 0 Å². The van der Waals surface area contributed by atoms with Crippen molar-refractivity contribution >= 4 is 31.7 Å². The highest BCUT2D eigenvalue weighted by Crippen LogP contribution is 2.21. The lowest BCUT2D eigenvalue weighted by Crippen LogP contribution is -2.50. The Morgan fingerprint density at radius 1 is 0.938 bits per heavy atom. The van der Waals surface area contributed by atoms with Crippen LogP contribution in [0.2, 0.25) is 0 Å². The minimum atomic E-state index is -3.89. The summed E-state index contributed by atoms with van der Waals surface area (Å²) in [7, 11) is -6.56. The highest BCUT2D eigenvalue weighted by molar-refractivity contribution is 7.89. The number of sulfonamides is 2. The van der Waals surface area contributed by atoms with Crippen LogP contribution in [0.5, 0.6) is 0 Å². The van der Waals surface area contributed by atoms with Gasteiger partial charge in [-0.05, 0) is 44.3 Å². The summed E-state index contributed by atoms with van der Waals surface area (Å²) >= 11 is 0. The molecule has 3 rings (SSSR count). The van der Waals surface area contributed by atoms with Crippen molar-refractivity contribution in [3.63, 3.8) is 0 Å². The first kappa shape index (κ1) is 24.0. The molecule has 1 amide bonds. The molecule has 1 aliphatic rings. The number of piperazine rings is 1.